The van der Waals surface area contributed by atoms with E-state index in [-0.39, 0.29) is 35.2 Å². The van der Waals surface area contributed by atoms with E-state index in [0.717, 1.165) is 23.0 Å². The Hall–Kier alpha value is -3.87. The van der Waals surface area contributed by atoms with Crippen molar-refractivity contribution in [3.8, 4) is 5.75 Å². The van der Waals surface area contributed by atoms with Gasteiger partial charge >= 0.3 is 5.97 Å². The molecular formula is C24H22FNO5. The molecule has 0 saturated carbocycles. The van der Waals surface area contributed by atoms with Gasteiger partial charge in [0.05, 0.1) is 12.7 Å². The fourth-order valence-electron chi connectivity index (χ4n) is 2.91. The summed E-state index contributed by atoms with van der Waals surface area (Å²) < 4.78 is 29.0. The number of hydrogen-bond donors (Lipinski definition) is 1. The summed E-state index contributed by atoms with van der Waals surface area (Å²) in [6, 6.07) is 13.6. The molecule has 3 rings (SSSR count). The summed E-state index contributed by atoms with van der Waals surface area (Å²) in [5, 5.41) is 3.03. The molecule has 0 spiro atoms. The molecule has 3 aromatic rings. The van der Waals surface area contributed by atoms with Crippen molar-refractivity contribution in [1.29, 1.82) is 0 Å². The average molecular weight is 423 g/mol. The van der Waals surface area contributed by atoms with E-state index < -0.39 is 11.4 Å². The molecule has 0 aliphatic carbocycles. The first-order valence-electron chi connectivity index (χ1n) is 9.49. The molecule has 0 atom stereocenters. The summed E-state index contributed by atoms with van der Waals surface area (Å²) in [5.74, 6) is -1.73. The number of halogens is 1. The molecule has 1 heterocycles. The second kappa shape index (κ2) is 9.75. The molecule has 0 unspecified atom stereocenters. The van der Waals surface area contributed by atoms with Gasteiger partial charge in [0.15, 0.2) is 0 Å². The first-order valence-corrected chi connectivity index (χ1v) is 9.49. The van der Waals surface area contributed by atoms with E-state index in [1.165, 1.54) is 19.2 Å². The van der Waals surface area contributed by atoms with E-state index in [0.29, 0.717) is 6.54 Å². The summed E-state index contributed by atoms with van der Waals surface area (Å²) in [7, 11) is 1.18. The minimum absolute atomic E-state index is 0.0632. The van der Waals surface area contributed by atoms with Crippen LogP contribution in [0.5, 0.6) is 5.75 Å². The molecule has 0 aliphatic heterocycles. The number of hydrogen-bond acceptors (Lipinski definition) is 6. The average Bonchev–Trinajstić information content (AvgIpc) is 2.77. The number of methoxy groups -OCH3 is 1. The van der Waals surface area contributed by atoms with Crippen molar-refractivity contribution in [2.75, 3.05) is 7.11 Å². The van der Waals surface area contributed by atoms with Gasteiger partial charge in [0, 0.05) is 12.2 Å². The van der Waals surface area contributed by atoms with E-state index in [4.69, 9.17) is 13.9 Å². The summed E-state index contributed by atoms with van der Waals surface area (Å²) in [4.78, 5) is 25.1. The number of ether oxygens (including phenoxy) is 2. The third-order valence-electron chi connectivity index (χ3n) is 4.67. The van der Waals surface area contributed by atoms with Crippen LogP contribution in [0.15, 0.2) is 70.6 Å². The highest BCUT2D eigenvalue weighted by Crippen LogP contribution is 2.20. The van der Waals surface area contributed by atoms with Gasteiger partial charge in [-0.1, -0.05) is 43.0 Å². The van der Waals surface area contributed by atoms with Gasteiger partial charge in [0.1, 0.15) is 18.7 Å². The molecular weight excluding hydrogens is 401 g/mol. The van der Waals surface area contributed by atoms with Crippen molar-refractivity contribution >= 4 is 11.7 Å². The molecule has 1 N–H and O–H groups in total. The lowest BCUT2D eigenvalue weighted by Crippen LogP contribution is -2.21. The number of carbonyl (C=O) groups excluding carboxylic acids is 1. The first-order chi connectivity index (χ1) is 14.9. The molecule has 7 heteroatoms. The quantitative estimate of drug-likeness (QED) is 0.547. The molecule has 0 radical (unpaired) electrons. The van der Waals surface area contributed by atoms with Gasteiger partial charge in [-0.15, -0.1) is 0 Å². The lowest BCUT2D eigenvalue weighted by Gasteiger charge is -2.13. The Morgan fingerprint density at radius 1 is 1.19 bits per heavy atom. The molecule has 0 amide bonds. The van der Waals surface area contributed by atoms with Gasteiger partial charge in [0.2, 0.25) is 11.2 Å². The van der Waals surface area contributed by atoms with Crippen LogP contribution in [-0.2, 0) is 17.9 Å². The highest BCUT2D eigenvalue weighted by Gasteiger charge is 2.23. The van der Waals surface area contributed by atoms with Crippen molar-refractivity contribution < 1.29 is 23.1 Å². The Morgan fingerprint density at radius 2 is 1.94 bits per heavy atom. The largest absolute Gasteiger partial charge is 0.481 e. The van der Waals surface area contributed by atoms with E-state index in [2.05, 4.69) is 11.9 Å². The number of aryl methyl sites for hydroxylation is 1. The maximum Gasteiger partial charge on any atom is 0.378 e. The van der Waals surface area contributed by atoms with Crippen molar-refractivity contribution in [3.05, 3.63) is 105 Å². The summed E-state index contributed by atoms with van der Waals surface area (Å²) in [5.41, 5.74) is 2.25. The Bertz CT molecular complexity index is 1150. The minimum Gasteiger partial charge on any atom is -0.481 e. The predicted molar refractivity (Wildman–Crippen MR) is 114 cm³/mol. The molecule has 0 bridgehead atoms. The fourth-order valence-corrected chi connectivity index (χ4v) is 2.91. The van der Waals surface area contributed by atoms with Gasteiger partial charge in [-0.05, 0) is 35.7 Å². The Morgan fingerprint density at radius 3 is 2.61 bits per heavy atom. The highest BCUT2D eigenvalue weighted by atomic mass is 19.1. The van der Waals surface area contributed by atoms with Crippen molar-refractivity contribution in [2.24, 2.45) is 0 Å². The normalized spacial score (nSPS) is 10.4. The molecule has 6 nitrogen and oxygen atoms in total. The third-order valence-corrected chi connectivity index (χ3v) is 4.67. The fraction of sp³-hybridized carbons (Fsp3) is 0.167. The van der Waals surface area contributed by atoms with Crippen LogP contribution in [0.3, 0.4) is 0 Å². The number of nitrogens with one attached hydrogen (secondary N) is 1. The number of benzene rings is 2. The van der Waals surface area contributed by atoms with Gasteiger partial charge in [0.25, 0.3) is 5.76 Å². The monoisotopic (exact) mass is 423 g/mol. The lowest BCUT2D eigenvalue weighted by molar-refractivity contribution is 0.0553. The smallest absolute Gasteiger partial charge is 0.378 e. The zero-order chi connectivity index (χ0) is 22.4. The Kier molecular flexibility index (Phi) is 6.87. The van der Waals surface area contributed by atoms with Crippen molar-refractivity contribution in [2.45, 2.75) is 20.1 Å². The van der Waals surface area contributed by atoms with Crippen LogP contribution < -0.4 is 15.5 Å². The van der Waals surface area contributed by atoms with Crippen LogP contribution in [0.4, 0.5) is 4.39 Å². The maximum absolute atomic E-state index is 13.3. The Balaban J connectivity index is 1.85. The number of carbonyl (C=O) groups is 1. The van der Waals surface area contributed by atoms with Crippen LogP contribution in [0.2, 0.25) is 0 Å². The van der Waals surface area contributed by atoms with E-state index in [9.17, 15) is 14.0 Å². The van der Waals surface area contributed by atoms with Gasteiger partial charge in [-0.2, -0.15) is 0 Å². The molecule has 1 aromatic heterocycles. The second-order valence-electron chi connectivity index (χ2n) is 6.81. The van der Waals surface area contributed by atoms with Crippen molar-refractivity contribution in [3.63, 3.8) is 0 Å². The van der Waals surface area contributed by atoms with Crippen molar-refractivity contribution in [1.82, 2.24) is 5.32 Å². The minimum atomic E-state index is -0.827. The second-order valence-corrected chi connectivity index (χ2v) is 6.81. The molecule has 160 valence electrons. The number of esters is 1. The summed E-state index contributed by atoms with van der Waals surface area (Å²) >= 11 is 0. The van der Waals surface area contributed by atoms with Crippen LogP contribution >= 0.6 is 0 Å². The molecule has 0 saturated heterocycles. The van der Waals surface area contributed by atoms with Gasteiger partial charge < -0.3 is 19.2 Å². The van der Waals surface area contributed by atoms with Crippen LogP contribution in [0.25, 0.3) is 5.70 Å². The molecule has 31 heavy (non-hydrogen) atoms. The standard InChI is InChI=1S/C24H22FNO5/c1-15-11-19(25)10-9-18(15)12-26-16(2)20-14-31-23(24(28)29-3)22(21(20)27)30-13-17-7-5-4-6-8-17/h4-11,14,26H,2,12-13H2,1,3H3. The van der Waals surface area contributed by atoms with Gasteiger partial charge in [-0.3, -0.25) is 4.79 Å². The summed E-state index contributed by atoms with van der Waals surface area (Å²) in [6.07, 6.45) is 1.14. The highest BCUT2D eigenvalue weighted by molar-refractivity contribution is 5.89. The lowest BCUT2D eigenvalue weighted by atomic mass is 10.1. The summed E-state index contributed by atoms with van der Waals surface area (Å²) in [6.45, 7) is 6.06. The third kappa shape index (κ3) is 5.19. The zero-order valence-electron chi connectivity index (χ0n) is 17.2. The van der Waals surface area contributed by atoms with Crippen LogP contribution in [-0.4, -0.2) is 13.1 Å². The zero-order valence-corrected chi connectivity index (χ0v) is 17.2. The van der Waals surface area contributed by atoms with Gasteiger partial charge in [-0.25, -0.2) is 9.18 Å². The predicted octanol–water partition coefficient (Wildman–Crippen LogP) is 4.21. The van der Waals surface area contributed by atoms with Crippen LogP contribution in [0, 0.1) is 12.7 Å². The van der Waals surface area contributed by atoms with E-state index >= 15 is 0 Å². The van der Waals surface area contributed by atoms with Crippen LogP contribution in [0.1, 0.15) is 32.8 Å². The Labute approximate surface area is 178 Å². The van der Waals surface area contributed by atoms with E-state index in [1.54, 1.807) is 13.0 Å². The topological polar surface area (TPSA) is 77.8 Å². The molecule has 0 fully saturated rings. The SMILES string of the molecule is C=C(NCc1ccc(F)cc1C)c1coc(C(=O)OC)c(OCc2ccccc2)c1=O. The number of rotatable bonds is 8. The van der Waals surface area contributed by atoms with E-state index in [1.807, 2.05) is 30.3 Å². The first kappa shape index (κ1) is 21.8. The molecule has 2 aromatic carbocycles. The maximum atomic E-state index is 13.3. The molecule has 0 aliphatic rings.